The number of benzene rings is 1. The minimum Gasteiger partial charge on any atom is -0.482 e. The monoisotopic (exact) mass is 333 g/mol. The van der Waals surface area contributed by atoms with Crippen molar-refractivity contribution in [2.45, 2.75) is 19.3 Å². The molecule has 2 N–H and O–H groups in total. The van der Waals surface area contributed by atoms with Crippen LogP contribution in [0.2, 0.25) is 0 Å². The van der Waals surface area contributed by atoms with Crippen molar-refractivity contribution in [3.05, 3.63) is 52.2 Å². The van der Waals surface area contributed by atoms with Crippen LogP contribution in [0.1, 0.15) is 24.0 Å². The first-order chi connectivity index (χ1) is 11.1. The molecule has 6 heteroatoms. The summed E-state index contributed by atoms with van der Waals surface area (Å²) in [5, 5.41) is 15.4. The van der Waals surface area contributed by atoms with Crippen molar-refractivity contribution in [2.24, 2.45) is 0 Å². The average Bonchev–Trinajstić information content (AvgIpc) is 3.07. The van der Waals surface area contributed by atoms with Crippen molar-refractivity contribution in [1.82, 2.24) is 5.32 Å². The van der Waals surface area contributed by atoms with E-state index in [4.69, 9.17) is 9.84 Å². The van der Waals surface area contributed by atoms with Gasteiger partial charge in [0.05, 0.1) is 5.92 Å². The molecule has 0 aliphatic heterocycles. The van der Waals surface area contributed by atoms with E-state index in [1.807, 2.05) is 35.9 Å². The Labute approximate surface area is 138 Å². The van der Waals surface area contributed by atoms with Gasteiger partial charge < -0.3 is 15.2 Å². The molecule has 0 aliphatic rings. The molecule has 0 aliphatic carbocycles. The van der Waals surface area contributed by atoms with Gasteiger partial charge in [0.2, 0.25) is 5.91 Å². The summed E-state index contributed by atoms with van der Waals surface area (Å²) in [5.41, 5.74) is 2.09. The summed E-state index contributed by atoms with van der Waals surface area (Å²) in [4.78, 5) is 22.5. The first kappa shape index (κ1) is 17.0. The van der Waals surface area contributed by atoms with E-state index in [-0.39, 0.29) is 18.4 Å². The molecule has 2 aromatic rings. The number of nitrogens with one attached hydrogen (secondary N) is 1. The maximum Gasteiger partial charge on any atom is 0.341 e. The predicted octanol–water partition coefficient (Wildman–Crippen LogP) is 2.67. The number of ether oxygens (including phenoxy) is 1. The van der Waals surface area contributed by atoms with E-state index in [0.29, 0.717) is 18.7 Å². The number of aliphatic carboxylic acids is 1. The number of carbonyl (C=O) groups excluding carboxylic acids is 1. The van der Waals surface area contributed by atoms with Gasteiger partial charge in [-0.25, -0.2) is 4.79 Å². The summed E-state index contributed by atoms with van der Waals surface area (Å²) in [6.07, 6.45) is 0.710. The Hall–Kier alpha value is -2.34. The van der Waals surface area contributed by atoms with Gasteiger partial charge in [-0.05, 0) is 53.4 Å². The van der Waals surface area contributed by atoms with E-state index < -0.39 is 5.97 Å². The molecule has 0 fully saturated rings. The fourth-order valence-electron chi connectivity index (χ4n) is 2.05. The Morgan fingerprint density at radius 3 is 2.61 bits per heavy atom. The molecular formula is C17H19NO4S. The van der Waals surface area contributed by atoms with Gasteiger partial charge in [-0.2, -0.15) is 11.3 Å². The third-order valence-corrected chi connectivity index (χ3v) is 4.14. The molecule has 1 aromatic heterocycles. The fourth-order valence-corrected chi connectivity index (χ4v) is 2.81. The zero-order valence-electron chi connectivity index (χ0n) is 12.8. The van der Waals surface area contributed by atoms with Crippen LogP contribution in [0.4, 0.5) is 0 Å². The molecule has 0 spiro atoms. The largest absolute Gasteiger partial charge is 0.482 e. The lowest BCUT2D eigenvalue weighted by molar-refractivity contribution is -0.139. The van der Waals surface area contributed by atoms with E-state index in [0.717, 1.165) is 11.1 Å². The number of carboxylic acids is 1. The smallest absolute Gasteiger partial charge is 0.341 e. The number of rotatable bonds is 8. The zero-order chi connectivity index (χ0) is 16.7. The molecule has 122 valence electrons. The molecule has 2 rings (SSSR count). The number of amides is 1. The van der Waals surface area contributed by atoms with E-state index in [1.165, 1.54) is 0 Å². The number of hydrogen-bond acceptors (Lipinski definition) is 4. The highest BCUT2D eigenvalue weighted by Gasteiger charge is 2.14. The van der Waals surface area contributed by atoms with E-state index in [1.54, 1.807) is 23.5 Å². The van der Waals surface area contributed by atoms with Crippen LogP contribution in [0.25, 0.3) is 0 Å². The van der Waals surface area contributed by atoms with Crippen molar-refractivity contribution < 1.29 is 19.4 Å². The molecule has 1 aromatic carbocycles. The Morgan fingerprint density at radius 2 is 2.00 bits per heavy atom. The maximum absolute atomic E-state index is 12.1. The van der Waals surface area contributed by atoms with Gasteiger partial charge in [0, 0.05) is 6.54 Å². The van der Waals surface area contributed by atoms with Crippen LogP contribution in [-0.4, -0.2) is 30.1 Å². The molecule has 0 saturated heterocycles. The average molecular weight is 333 g/mol. The fraction of sp³-hybridized carbons (Fsp3) is 0.294. The van der Waals surface area contributed by atoms with Crippen LogP contribution in [0.5, 0.6) is 5.75 Å². The number of hydrogen-bond donors (Lipinski definition) is 2. The summed E-state index contributed by atoms with van der Waals surface area (Å²) in [6, 6.07) is 9.16. The van der Waals surface area contributed by atoms with E-state index in [2.05, 4.69) is 5.32 Å². The van der Waals surface area contributed by atoms with Gasteiger partial charge in [0.25, 0.3) is 0 Å². The molecule has 0 saturated carbocycles. The molecule has 23 heavy (non-hydrogen) atoms. The molecule has 1 heterocycles. The van der Waals surface area contributed by atoms with E-state index >= 15 is 0 Å². The normalized spacial score (nSPS) is 11.7. The minimum absolute atomic E-state index is 0.0183. The summed E-state index contributed by atoms with van der Waals surface area (Å²) in [7, 11) is 0. The van der Waals surface area contributed by atoms with Crippen molar-refractivity contribution in [3.63, 3.8) is 0 Å². The van der Waals surface area contributed by atoms with Crippen LogP contribution < -0.4 is 10.1 Å². The molecule has 5 nitrogen and oxygen atoms in total. The lowest BCUT2D eigenvalue weighted by atomic mass is 10.0. The van der Waals surface area contributed by atoms with Gasteiger partial charge in [-0.15, -0.1) is 0 Å². The summed E-state index contributed by atoms with van der Waals surface area (Å²) >= 11 is 1.58. The van der Waals surface area contributed by atoms with Gasteiger partial charge in [0.1, 0.15) is 5.75 Å². The maximum atomic E-state index is 12.1. The topological polar surface area (TPSA) is 75.6 Å². The SMILES string of the molecule is CC(C(=O)NCCc1ccc(OCC(=O)O)cc1)c1ccsc1. The third kappa shape index (κ3) is 5.41. The number of carboxylic acid groups (broad SMARTS) is 1. The van der Waals surface area contributed by atoms with Crippen LogP contribution in [0.15, 0.2) is 41.1 Å². The molecule has 1 atom stereocenters. The summed E-state index contributed by atoms with van der Waals surface area (Å²) < 4.78 is 5.07. The quantitative estimate of drug-likeness (QED) is 0.779. The summed E-state index contributed by atoms with van der Waals surface area (Å²) in [5.74, 6) is -0.611. The first-order valence-electron chi connectivity index (χ1n) is 7.29. The molecule has 0 bridgehead atoms. The van der Waals surface area contributed by atoms with Gasteiger partial charge >= 0.3 is 5.97 Å². The van der Waals surface area contributed by atoms with Crippen LogP contribution in [0.3, 0.4) is 0 Å². The third-order valence-electron chi connectivity index (χ3n) is 3.44. The summed E-state index contributed by atoms with van der Waals surface area (Å²) in [6.45, 7) is 2.10. The highest BCUT2D eigenvalue weighted by molar-refractivity contribution is 7.08. The van der Waals surface area contributed by atoms with Crippen molar-refractivity contribution in [3.8, 4) is 5.75 Å². The minimum atomic E-state index is -1.00. The van der Waals surface area contributed by atoms with Crippen molar-refractivity contribution in [1.29, 1.82) is 0 Å². The second-order valence-corrected chi connectivity index (χ2v) is 5.93. The Balaban J connectivity index is 1.75. The molecule has 1 amide bonds. The standard InChI is InChI=1S/C17H19NO4S/c1-12(14-7-9-23-11-14)17(21)18-8-6-13-2-4-15(5-3-13)22-10-16(19)20/h2-5,7,9,11-12H,6,8,10H2,1H3,(H,18,21)(H,19,20). The lowest BCUT2D eigenvalue weighted by Gasteiger charge is -2.11. The van der Waals surface area contributed by atoms with E-state index in [9.17, 15) is 9.59 Å². The van der Waals surface area contributed by atoms with Crippen molar-refractivity contribution >= 4 is 23.2 Å². The highest BCUT2D eigenvalue weighted by atomic mass is 32.1. The Bertz CT molecular complexity index is 637. The molecular weight excluding hydrogens is 314 g/mol. The number of carbonyl (C=O) groups is 2. The van der Waals surface area contributed by atoms with Crippen molar-refractivity contribution in [2.75, 3.05) is 13.2 Å². The number of thiophene rings is 1. The second kappa shape index (κ2) is 8.33. The van der Waals surface area contributed by atoms with Crippen LogP contribution in [0, 0.1) is 0 Å². The van der Waals surface area contributed by atoms with Crippen LogP contribution >= 0.6 is 11.3 Å². The first-order valence-corrected chi connectivity index (χ1v) is 8.24. The second-order valence-electron chi connectivity index (χ2n) is 5.15. The Morgan fingerprint density at radius 1 is 1.26 bits per heavy atom. The molecule has 0 radical (unpaired) electrons. The van der Waals surface area contributed by atoms with Gasteiger partial charge in [0.15, 0.2) is 6.61 Å². The lowest BCUT2D eigenvalue weighted by Crippen LogP contribution is -2.29. The van der Waals surface area contributed by atoms with Gasteiger partial charge in [-0.1, -0.05) is 12.1 Å². The van der Waals surface area contributed by atoms with Gasteiger partial charge in [-0.3, -0.25) is 4.79 Å². The predicted molar refractivity (Wildman–Crippen MR) is 89.0 cm³/mol. The Kier molecular flexibility index (Phi) is 6.17. The van der Waals surface area contributed by atoms with Crippen LogP contribution in [-0.2, 0) is 16.0 Å². The highest BCUT2D eigenvalue weighted by Crippen LogP contribution is 2.18. The zero-order valence-corrected chi connectivity index (χ0v) is 13.6. The molecule has 1 unspecified atom stereocenters.